The van der Waals surface area contributed by atoms with Gasteiger partial charge < -0.3 is 18.6 Å². The summed E-state index contributed by atoms with van der Waals surface area (Å²) in [5.41, 5.74) is 4.13. The van der Waals surface area contributed by atoms with Crippen molar-refractivity contribution in [3.63, 3.8) is 0 Å². The molecule has 0 amide bonds. The first-order valence-corrected chi connectivity index (χ1v) is 15.1. The van der Waals surface area contributed by atoms with Crippen molar-refractivity contribution in [3.8, 4) is 38.7 Å². The SMILES string of the molecule is COc1cc(OCc2cccc(CC(=O)c3csc(-c4ccc(F)cc4)n3)c2)c2cc(-c3cn4nc(OC)sc4n3)oc2c1. The number of fused-ring (bicyclic) bond motifs is 2. The second kappa shape index (κ2) is 11.5. The van der Waals surface area contributed by atoms with E-state index in [1.807, 2.05) is 36.4 Å². The van der Waals surface area contributed by atoms with E-state index in [4.69, 9.17) is 18.6 Å². The predicted molar refractivity (Wildman–Crippen MR) is 165 cm³/mol. The van der Waals surface area contributed by atoms with Crippen LogP contribution in [0.15, 0.2) is 82.7 Å². The van der Waals surface area contributed by atoms with Gasteiger partial charge in [-0.2, -0.15) is 0 Å². The number of methoxy groups -OCH3 is 2. The van der Waals surface area contributed by atoms with Gasteiger partial charge in [-0.1, -0.05) is 24.3 Å². The van der Waals surface area contributed by atoms with Crippen molar-refractivity contribution in [3.05, 3.63) is 101 Å². The number of carbonyl (C=O) groups excluding carboxylic acids is 1. The van der Waals surface area contributed by atoms with Crippen LogP contribution >= 0.6 is 22.7 Å². The van der Waals surface area contributed by atoms with Crippen LogP contribution in [0.4, 0.5) is 4.39 Å². The highest BCUT2D eigenvalue weighted by atomic mass is 32.1. The van der Waals surface area contributed by atoms with Crippen molar-refractivity contribution in [1.29, 1.82) is 0 Å². The Balaban J connectivity index is 1.08. The lowest BCUT2D eigenvalue weighted by molar-refractivity contribution is 0.0989. The van der Waals surface area contributed by atoms with E-state index in [9.17, 15) is 9.18 Å². The number of Topliss-reactive ketones (excluding diaryl/α,β-unsaturated/α-hetero) is 1. The smallest absolute Gasteiger partial charge is 0.294 e. The summed E-state index contributed by atoms with van der Waals surface area (Å²) >= 11 is 2.69. The van der Waals surface area contributed by atoms with Crippen LogP contribution in [-0.2, 0) is 13.0 Å². The molecule has 9 nitrogen and oxygen atoms in total. The Kier molecular flexibility index (Phi) is 7.28. The number of ether oxygens (including phenoxy) is 3. The van der Waals surface area contributed by atoms with Gasteiger partial charge in [-0.25, -0.2) is 18.9 Å². The number of nitrogens with zero attached hydrogens (tertiary/aromatic N) is 4. The molecule has 3 aromatic carbocycles. The van der Waals surface area contributed by atoms with Gasteiger partial charge in [0.2, 0.25) is 4.96 Å². The number of carbonyl (C=O) groups is 1. The average molecular weight is 627 g/mol. The number of benzene rings is 3. The van der Waals surface area contributed by atoms with Crippen molar-refractivity contribution in [2.24, 2.45) is 0 Å². The Morgan fingerprint density at radius 1 is 1.00 bits per heavy atom. The number of halogens is 1. The van der Waals surface area contributed by atoms with E-state index < -0.39 is 0 Å². The van der Waals surface area contributed by atoms with E-state index in [0.717, 1.165) is 22.1 Å². The van der Waals surface area contributed by atoms with Gasteiger partial charge in [0.1, 0.15) is 45.9 Å². The number of rotatable bonds is 10. The molecule has 220 valence electrons. The first-order chi connectivity index (χ1) is 21.4. The van der Waals surface area contributed by atoms with Crippen molar-refractivity contribution < 1.29 is 27.8 Å². The number of thiazole rings is 1. The lowest BCUT2D eigenvalue weighted by Gasteiger charge is -2.10. The van der Waals surface area contributed by atoms with Crippen LogP contribution in [0.25, 0.3) is 38.0 Å². The fourth-order valence-electron chi connectivity index (χ4n) is 4.72. The fraction of sp³-hybridized carbons (Fsp3) is 0.125. The normalized spacial score (nSPS) is 11.3. The molecule has 0 aliphatic heterocycles. The third kappa shape index (κ3) is 5.52. The molecule has 7 rings (SSSR count). The molecular weight excluding hydrogens is 604 g/mol. The van der Waals surface area contributed by atoms with Gasteiger partial charge in [-0.05, 0) is 52.8 Å². The number of hydrogen-bond acceptors (Lipinski definition) is 10. The minimum absolute atomic E-state index is 0.0964. The number of imidazole rings is 1. The maximum Gasteiger partial charge on any atom is 0.294 e. The molecule has 0 aliphatic carbocycles. The number of aromatic nitrogens is 4. The van der Waals surface area contributed by atoms with Gasteiger partial charge in [-0.3, -0.25) is 4.79 Å². The third-order valence-electron chi connectivity index (χ3n) is 6.89. The highest BCUT2D eigenvalue weighted by Gasteiger charge is 2.18. The van der Waals surface area contributed by atoms with E-state index in [2.05, 4.69) is 15.1 Å². The summed E-state index contributed by atoms with van der Waals surface area (Å²) in [7, 11) is 3.15. The molecular formula is C32H23FN4O5S2. The Bertz CT molecular complexity index is 2100. The molecule has 4 heterocycles. The minimum atomic E-state index is -0.315. The van der Waals surface area contributed by atoms with Crippen molar-refractivity contribution in [1.82, 2.24) is 19.6 Å². The van der Waals surface area contributed by atoms with Crippen LogP contribution in [-0.4, -0.2) is 39.6 Å². The molecule has 0 saturated carbocycles. The maximum atomic E-state index is 13.3. The monoisotopic (exact) mass is 626 g/mol. The predicted octanol–water partition coefficient (Wildman–Crippen LogP) is 7.49. The quantitative estimate of drug-likeness (QED) is 0.144. The molecule has 0 saturated heterocycles. The minimum Gasteiger partial charge on any atom is -0.496 e. The first-order valence-electron chi connectivity index (χ1n) is 13.4. The van der Waals surface area contributed by atoms with E-state index in [-0.39, 0.29) is 24.6 Å². The van der Waals surface area contributed by atoms with Crippen LogP contribution in [0.3, 0.4) is 0 Å². The van der Waals surface area contributed by atoms with Gasteiger partial charge >= 0.3 is 0 Å². The molecule has 0 radical (unpaired) electrons. The molecule has 0 spiro atoms. The molecule has 0 bridgehead atoms. The van der Waals surface area contributed by atoms with Gasteiger partial charge in [0.05, 0.1) is 25.8 Å². The molecule has 7 aromatic rings. The Hall–Kier alpha value is -5.07. The molecule has 4 aromatic heterocycles. The first kappa shape index (κ1) is 27.7. The van der Waals surface area contributed by atoms with Gasteiger partial charge in [0.25, 0.3) is 5.19 Å². The highest BCUT2D eigenvalue weighted by Crippen LogP contribution is 2.37. The second-order valence-corrected chi connectivity index (χ2v) is 11.6. The number of ketones is 1. The van der Waals surface area contributed by atoms with Gasteiger partial charge in [0, 0.05) is 29.5 Å². The molecule has 0 aliphatic rings. The summed E-state index contributed by atoms with van der Waals surface area (Å²) in [6.45, 7) is 0.264. The Morgan fingerprint density at radius 2 is 1.84 bits per heavy atom. The third-order valence-corrected chi connectivity index (χ3v) is 8.67. The summed E-state index contributed by atoms with van der Waals surface area (Å²) in [6.07, 6.45) is 1.98. The highest BCUT2D eigenvalue weighted by molar-refractivity contribution is 7.18. The Morgan fingerprint density at radius 3 is 2.64 bits per heavy atom. The lowest BCUT2D eigenvalue weighted by atomic mass is 10.0. The Labute approximate surface area is 258 Å². The summed E-state index contributed by atoms with van der Waals surface area (Å²) < 4.78 is 38.0. The lowest BCUT2D eigenvalue weighted by Crippen LogP contribution is -2.05. The fourth-order valence-corrected chi connectivity index (χ4v) is 6.25. The zero-order valence-corrected chi connectivity index (χ0v) is 25.1. The summed E-state index contributed by atoms with van der Waals surface area (Å²) in [5.74, 6) is 1.34. The van der Waals surface area contributed by atoms with Crippen molar-refractivity contribution in [2.75, 3.05) is 14.2 Å². The molecule has 12 heteroatoms. The van der Waals surface area contributed by atoms with Crippen molar-refractivity contribution >= 4 is 44.4 Å². The van der Waals surface area contributed by atoms with Gasteiger partial charge in [0.15, 0.2) is 11.5 Å². The standard InChI is InChI=1S/C32H23FN4O5S2/c1-39-22-12-27(23-14-29(42-28(23)13-22)24-15-37-31(35-24)44-32(36-37)40-2)41-16-19-5-3-4-18(10-19)11-26(38)25-17-43-30(34-25)20-6-8-21(33)9-7-20/h3-10,12-15,17H,11,16H2,1-2H3. The van der Waals surface area contributed by atoms with E-state index in [0.29, 0.717) is 49.4 Å². The van der Waals surface area contributed by atoms with Crippen LogP contribution in [0.5, 0.6) is 16.7 Å². The largest absolute Gasteiger partial charge is 0.496 e. The number of hydrogen-bond donors (Lipinski definition) is 0. The van der Waals surface area contributed by atoms with E-state index in [1.165, 1.54) is 34.8 Å². The zero-order valence-electron chi connectivity index (χ0n) is 23.4. The van der Waals surface area contributed by atoms with Crippen LogP contribution in [0.2, 0.25) is 0 Å². The van der Waals surface area contributed by atoms with Gasteiger partial charge in [-0.15, -0.1) is 16.4 Å². The topological polar surface area (TPSA) is 101 Å². The maximum absolute atomic E-state index is 13.3. The number of furan rings is 1. The van der Waals surface area contributed by atoms with Crippen LogP contribution in [0.1, 0.15) is 21.6 Å². The van der Waals surface area contributed by atoms with Crippen LogP contribution < -0.4 is 14.2 Å². The average Bonchev–Trinajstić information content (AvgIpc) is 3.83. The molecule has 0 atom stereocenters. The zero-order chi connectivity index (χ0) is 30.2. The molecule has 0 N–H and O–H groups in total. The molecule has 0 unspecified atom stereocenters. The summed E-state index contributed by atoms with van der Waals surface area (Å²) in [6, 6.07) is 19.3. The van der Waals surface area contributed by atoms with E-state index >= 15 is 0 Å². The summed E-state index contributed by atoms with van der Waals surface area (Å²) in [4.78, 5) is 22.8. The molecule has 44 heavy (non-hydrogen) atoms. The van der Waals surface area contributed by atoms with Crippen LogP contribution in [0, 0.1) is 5.82 Å². The van der Waals surface area contributed by atoms with Crippen molar-refractivity contribution in [2.45, 2.75) is 13.0 Å². The molecule has 0 fully saturated rings. The second-order valence-electron chi connectivity index (χ2n) is 9.83. The summed E-state index contributed by atoms with van der Waals surface area (Å²) in [5, 5.41) is 8.03. The van der Waals surface area contributed by atoms with E-state index in [1.54, 1.807) is 48.5 Å².